The van der Waals surface area contributed by atoms with Gasteiger partial charge in [-0.15, -0.1) is 0 Å². The number of likely N-dealkylation sites (tertiary alicyclic amines) is 1. The van der Waals surface area contributed by atoms with Crippen molar-refractivity contribution < 1.29 is 13.2 Å². The second kappa shape index (κ2) is 8.52. The minimum absolute atomic E-state index is 0.00583. The Morgan fingerprint density at radius 1 is 1.00 bits per heavy atom. The van der Waals surface area contributed by atoms with Gasteiger partial charge in [-0.2, -0.15) is 0 Å². The molecule has 1 saturated heterocycles. The zero-order valence-corrected chi connectivity index (χ0v) is 19.3. The smallest absolute Gasteiger partial charge is 0.253 e. The van der Waals surface area contributed by atoms with E-state index < -0.39 is 10.0 Å². The summed E-state index contributed by atoms with van der Waals surface area (Å²) in [6.45, 7) is 11.2. The number of hydrogen-bond acceptors (Lipinski definition) is 3. The predicted molar refractivity (Wildman–Crippen MR) is 120 cm³/mol. The Morgan fingerprint density at radius 3 is 2.17 bits per heavy atom. The minimum atomic E-state index is -3.58. The molecule has 0 atom stereocenters. The van der Waals surface area contributed by atoms with Crippen molar-refractivity contribution in [2.45, 2.75) is 63.8 Å². The fourth-order valence-corrected chi connectivity index (χ4v) is 5.41. The Balaban J connectivity index is 1.62. The van der Waals surface area contributed by atoms with Crippen molar-refractivity contribution in [1.29, 1.82) is 0 Å². The molecule has 2 aromatic rings. The van der Waals surface area contributed by atoms with Crippen molar-refractivity contribution in [3.8, 4) is 0 Å². The fourth-order valence-electron chi connectivity index (χ4n) is 3.78. The molecule has 6 heteroatoms. The molecule has 0 saturated carbocycles. The van der Waals surface area contributed by atoms with Gasteiger partial charge < -0.3 is 4.90 Å². The summed E-state index contributed by atoms with van der Waals surface area (Å²) in [5.41, 5.74) is 3.57. The summed E-state index contributed by atoms with van der Waals surface area (Å²) in [4.78, 5) is 15.0. The van der Waals surface area contributed by atoms with Gasteiger partial charge in [-0.25, -0.2) is 13.1 Å². The van der Waals surface area contributed by atoms with Crippen LogP contribution in [0.4, 0.5) is 0 Å². The van der Waals surface area contributed by atoms with Crippen molar-refractivity contribution in [2.24, 2.45) is 0 Å². The van der Waals surface area contributed by atoms with Gasteiger partial charge in [-0.05, 0) is 67.0 Å². The largest absolute Gasteiger partial charge is 0.339 e. The van der Waals surface area contributed by atoms with E-state index >= 15 is 0 Å². The predicted octanol–water partition coefficient (Wildman–Crippen LogP) is 4.18. The van der Waals surface area contributed by atoms with Crippen LogP contribution in [-0.4, -0.2) is 38.4 Å². The molecule has 1 aliphatic rings. The highest BCUT2D eigenvalue weighted by atomic mass is 32.2. The molecular formula is C24H32N2O3S. The first-order valence-electron chi connectivity index (χ1n) is 10.5. The first-order valence-corrected chi connectivity index (χ1v) is 11.9. The summed E-state index contributed by atoms with van der Waals surface area (Å²) in [6, 6.07) is 13.1. The van der Waals surface area contributed by atoms with Crippen molar-refractivity contribution in [2.75, 3.05) is 13.1 Å². The Hall–Kier alpha value is -2.18. The number of sulfonamides is 1. The van der Waals surface area contributed by atoms with Crippen LogP contribution >= 0.6 is 0 Å². The molecule has 1 fully saturated rings. The number of rotatable bonds is 4. The van der Waals surface area contributed by atoms with Gasteiger partial charge in [0.15, 0.2) is 0 Å². The number of carbonyl (C=O) groups excluding carboxylic acids is 1. The first kappa shape index (κ1) is 22.5. The van der Waals surface area contributed by atoms with Gasteiger partial charge >= 0.3 is 0 Å². The van der Waals surface area contributed by atoms with Crippen LogP contribution in [0.15, 0.2) is 47.4 Å². The van der Waals surface area contributed by atoms with Crippen LogP contribution in [0.3, 0.4) is 0 Å². The van der Waals surface area contributed by atoms with Gasteiger partial charge in [0.1, 0.15) is 0 Å². The van der Waals surface area contributed by atoms with Crippen LogP contribution in [0.1, 0.15) is 60.7 Å². The molecule has 0 radical (unpaired) electrons. The van der Waals surface area contributed by atoms with Crippen molar-refractivity contribution >= 4 is 15.9 Å². The molecule has 30 heavy (non-hydrogen) atoms. The maximum Gasteiger partial charge on any atom is 0.253 e. The third-order valence-electron chi connectivity index (χ3n) is 5.74. The van der Waals surface area contributed by atoms with Crippen molar-refractivity contribution in [1.82, 2.24) is 9.62 Å². The van der Waals surface area contributed by atoms with Gasteiger partial charge in [0.25, 0.3) is 5.91 Å². The van der Waals surface area contributed by atoms with E-state index in [1.54, 1.807) is 13.0 Å². The summed E-state index contributed by atoms with van der Waals surface area (Å²) >= 11 is 0. The quantitative estimate of drug-likeness (QED) is 0.794. The third-order valence-corrected chi connectivity index (χ3v) is 7.40. The summed E-state index contributed by atoms with van der Waals surface area (Å²) in [7, 11) is -3.58. The zero-order valence-electron chi connectivity index (χ0n) is 18.5. The Kier molecular flexibility index (Phi) is 6.39. The Morgan fingerprint density at radius 2 is 1.60 bits per heavy atom. The standard InChI is InChI=1S/C24H32N2O3S/c1-17-6-7-18(2)22(16-17)30(28,29)25-21-12-14-26(15-13-21)23(27)19-8-10-20(11-9-19)24(3,4)5/h6-11,16,21,25H,12-15H2,1-5H3. The number of carbonyl (C=O) groups is 1. The van der Waals surface area contributed by atoms with Crippen LogP contribution in [0.25, 0.3) is 0 Å². The monoisotopic (exact) mass is 428 g/mol. The highest BCUT2D eigenvalue weighted by Gasteiger charge is 2.28. The summed E-state index contributed by atoms with van der Waals surface area (Å²) in [6.07, 6.45) is 1.21. The van der Waals surface area contributed by atoms with Gasteiger partial charge in [0.2, 0.25) is 10.0 Å². The van der Waals surface area contributed by atoms with Crippen LogP contribution in [0.5, 0.6) is 0 Å². The van der Waals surface area contributed by atoms with E-state index in [4.69, 9.17) is 0 Å². The van der Waals surface area contributed by atoms with E-state index in [0.29, 0.717) is 36.4 Å². The highest BCUT2D eigenvalue weighted by molar-refractivity contribution is 7.89. The van der Waals surface area contributed by atoms with Crippen molar-refractivity contribution in [3.05, 3.63) is 64.7 Å². The molecule has 1 amide bonds. The minimum Gasteiger partial charge on any atom is -0.339 e. The molecule has 0 aromatic heterocycles. The van der Waals surface area contributed by atoms with Crippen LogP contribution in [0.2, 0.25) is 0 Å². The number of nitrogens with zero attached hydrogens (tertiary/aromatic N) is 1. The number of amides is 1. The fraction of sp³-hybridized carbons (Fsp3) is 0.458. The highest BCUT2D eigenvalue weighted by Crippen LogP contribution is 2.24. The van der Waals surface area contributed by atoms with Crippen LogP contribution < -0.4 is 4.72 Å². The van der Waals surface area contributed by atoms with E-state index in [2.05, 4.69) is 25.5 Å². The average Bonchev–Trinajstić information content (AvgIpc) is 2.69. The van der Waals surface area contributed by atoms with Crippen LogP contribution in [-0.2, 0) is 15.4 Å². The lowest BCUT2D eigenvalue weighted by Crippen LogP contribution is -2.46. The molecule has 0 bridgehead atoms. The molecule has 1 heterocycles. The van der Waals surface area contributed by atoms with Crippen molar-refractivity contribution in [3.63, 3.8) is 0 Å². The number of benzene rings is 2. The molecule has 1 aliphatic heterocycles. The van der Waals surface area contributed by atoms with Crippen LogP contribution in [0, 0.1) is 13.8 Å². The maximum absolute atomic E-state index is 12.8. The van der Waals surface area contributed by atoms with E-state index in [-0.39, 0.29) is 17.4 Å². The van der Waals surface area contributed by atoms with E-state index in [0.717, 1.165) is 11.1 Å². The number of nitrogens with one attached hydrogen (secondary N) is 1. The third kappa shape index (κ3) is 5.10. The number of piperidine rings is 1. The second-order valence-corrected chi connectivity index (χ2v) is 11.0. The van der Waals surface area contributed by atoms with Gasteiger partial charge in [0.05, 0.1) is 4.90 Å². The molecule has 3 rings (SSSR count). The maximum atomic E-state index is 12.8. The Bertz CT molecular complexity index is 1010. The lowest BCUT2D eigenvalue weighted by molar-refractivity contribution is 0.0711. The Labute approximate surface area is 180 Å². The SMILES string of the molecule is Cc1ccc(C)c(S(=O)(=O)NC2CCN(C(=O)c3ccc(C(C)(C)C)cc3)CC2)c1. The summed E-state index contributed by atoms with van der Waals surface area (Å²) in [5, 5.41) is 0. The molecule has 0 aliphatic carbocycles. The molecule has 0 spiro atoms. The molecule has 2 aromatic carbocycles. The van der Waals surface area contributed by atoms with Gasteiger partial charge in [-0.1, -0.05) is 45.0 Å². The van der Waals surface area contributed by atoms with Gasteiger partial charge in [-0.3, -0.25) is 4.79 Å². The second-order valence-electron chi connectivity index (χ2n) is 9.28. The number of aryl methyl sites for hydroxylation is 2. The molecule has 1 N–H and O–H groups in total. The molecule has 0 unspecified atom stereocenters. The lowest BCUT2D eigenvalue weighted by atomic mass is 9.86. The zero-order chi connectivity index (χ0) is 22.1. The molecule has 5 nitrogen and oxygen atoms in total. The molecular weight excluding hydrogens is 396 g/mol. The summed E-state index contributed by atoms with van der Waals surface area (Å²) < 4.78 is 28.5. The van der Waals surface area contributed by atoms with E-state index in [1.807, 2.05) is 48.2 Å². The lowest BCUT2D eigenvalue weighted by Gasteiger charge is -2.32. The topological polar surface area (TPSA) is 66.5 Å². The average molecular weight is 429 g/mol. The van der Waals surface area contributed by atoms with E-state index in [1.165, 1.54) is 5.56 Å². The first-order chi connectivity index (χ1) is 14.0. The summed E-state index contributed by atoms with van der Waals surface area (Å²) in [5.74, 6) is 0.00583. The van der Waals surface area contributed by atoms with E-state index in [9.17, 15) is 13.2 Å². The van der Waals surface area contributed by atoms with Gasteiger partial charge in [0, 0.05) is 24.7 Å². The normalized spacial score (nSPS) is 16.0. The number of hydrogen-bond donors (Lipinski definition) is 1. The molecule has 162 valence electrons.